The van der Waals surface area contributed by atoms with E-state index in [1.54, 1.807) is 0 Å². The second-order valence-electron chi connectivity index (χ2n) is 5.42. The van der Waals surface area contributed by atoms with Crippen molar-refractivity contribution in [3.63, 3.8) is 0 Å². The Morgan fingerprint density at radius 1 is 1.06 bits per heavy atom. The highest BCUT2D eigenvalue weighted by molar-refractivity contribution is 6.21. The summed E-state index contributed by atoms with van der Waals surface area (Å²) in [7, 11) is 0. The van der Waals surface area contributed by atoms with Crippen LogP contribution in [0.4, 0.5) is 0 Å². The topological polar surface area (TPSA) is 9.23 Å². The Hall–Kier alpha value is 0.250. The minimum Gasteiger partial charge on any atom is -0.378 e. The second kappa shape index (κ2) is 7.63. The molecule has 0 aromatic carbocycles. The van der Waals surface area contributed by atoms with Gasteiger partial charge in [-0.15, -0.1) is 11.6 Å². The van der Waals surface area contributed by atoms with Gasteiger partial charge in [-0.05, 0) is 25.7 Å². The SMILES string of the molecule is CCCCCCCOC1CC(Cl)C1(CC)CC. The maximum Gasteiger partial charge on any atom is 0.0659 e. The first-order chi connectivity index (χ1) is 8.21. The first-order valence-corrected chi connectivity index (χ1v) is 7.90. The molecule has 0 aliphatic heterocycles. The number of unbranched alkanes of at least 4 members (excludes halogenated alkanes) is 4. The number of hydrogen-bond donors (Lipinski definition) is 0. The van der Waals surface area contributed by atoms with Gasteiger partial charge in [-0.25, -0.2) is 0 Å². The number of ether oxygens (including phenoxy) is 1. The Bertz CT molecular complexity index is 201. The molecule has 1 rings (SSSR count). The molecule has 0 aromatic heterocycles. The van der Waals surface area contributed by atoms with E-state index in [1.807, 2.05) is 0 Å². The van der Waals surface area contributed by atoms with Crippen molar-refractivity contribution in [2.75, 3.05) is 6.61 Å². The monoisotopic (exact) mass is 260 g/mol. The highest BCUT2D eigenvalue weighted by atomic mass is 35.5. The lowest BCUT2D eigenvalue weighted by Gasteiger charge is -2.52. The summed E-state index contributed by atoms with van der Waals surface area (Å²) in [4.78, 5) is 0. The first kappa shape index (κ1) is 15.3. The van der Waals surface area contributed by atoms with E-state index in [0.717, 1.165) is 25.9 Å². The highest BCUT2D eigenvalue weighted by Crippen LogP contribution is 2.51. The van der Waals surface area contributed by atoms with Crippen LogP contribution < -0.4 is 0 Å². The van der Waals surface area contributed by atoms with Gasteiger partial charge in [0.2, 0.25) is 0 Å². The molecule has 0 aromatic rings. The smallest absolute Gasteiger partial charge is 0.0659 e. The largest absolute Gasteiger partial charge is 0.378 e. The Morgan fingerprint density at radius 3 is 2.24 bits per heavy atom. The van der Waals surface area contributed by atoms with Crippen LogP contribution in [0.25, 0.3) is 0 Å². The maximum absolute atomic E-state index is 6.37. The summed E-state index contributed by atoms with van der Waals surface area (Å²) >= 11 is 6.37. The molecule has 0 radical (unpaired) electrons. The third kappa shape index (κ3) is 3.61. The lowest BCUT2D eigenvalue weighted by Crippen LogP contribution is -2.55. The van der Waals surface area contributed by atoms with E-state index in [0.29, 0.717) is 11.5 Å². The third-order valence-electron chi connectivity index (χ3n) is 4.57. The molecule has 0 amide bonds. The van der Waals surface area contributed by atoms with Crippen molar-refractivity contribution in [1.82, 2.24) is 0 Å². The highest BCUT2D eigenvalue weighted by Gasteiger charge is 2.52. The van der Waals surface area contributed by atoms with E-state index in [4.69, 9.17) is 16.3 Å². The lowest BCUT2D eigenvalue weighted by molar-refractivity contribution is -0.112. The van der Waals surface area contributed by atoms with Crippen molar-refractivity contribution in [3.8, 4) is 0 Å². The lowest BCUT2D eigenvalue weighted by atomic mass is 9.62. The predicted molar refractivity (Wildman–Crippen MR) is 75.8 cm³/mol. The average Bonchev–Trinajstić information content (AvgIpc) is 2.34. The third-order valence-corrected chi connectivity index (χ3v) is 5.18. The molecule has 0 bridgehead atoms. The molecule has 2 unspecified atom stereocenters. The molecule has 0 saturated heterocycles. The van der Waals surface area contributed by atoms with Gasteiger partial charge >= 0.3 is 0 Å². The Kier molecular flexibility index (Phi) is 6.87. The number of rotatable bonds is 9. The fraction of sp³-hybridized carbons (Fsp3) is 1.00. The van der Waals surface area contributed by atoms with E-state index in [1.165, 1.54) is 32.1 Å². The van der Waals surface area contributed by atoms with E-state index in [-0.39, 0.29) is 5.41 Å². The van der Waals surface area contributed by atoms with Gasteiger partial charge in [-0.2, -0.15) is 0 Å². The molecule has 1 fully saturated rings. The maximum atomic E-state index is 6.37. The minimum atomic E-state index is 0.269. The van der Waals surface area contributed by atoms with Crippen molar-refractivity contribution in [3.05, 3.63) is 0 Å². The van der Waals surface area contributed by atoms with E-state index < -0.39 is 0 Å². The molecule has 0 spiro atoms. The fourth-order valence-electron chi connectivity index (χ4n) is 3.01. The Morgan fingerprint density at radius 2 is 1.71 bits per heavy atom. The van der Waals surface area contributed by atoms with Gasteiger partial charge in [0.1, 0.15) is 0 Å². The van der Waals surface area contributed by atoms with Crippen LogP contribution in [-0.4, -0.2) is 18.1 Å². The van der Waals surface area contributed by atoms with Crippen LogP contribution in [0.2, 0.25) is 0 Å². The van der Waals surface area contributed by atoms with Crippen LogP contribution in [0, 0.1) is 5.41 Å². The average molecular weight is 261 g/mol. The quantitative estimate of drug-likeness (QED) is 0.411. The van der Waals surface area contributed by atoms with Gasteiger partial charge in [-0.3, -0.25) is 0 Å². The molecule has 1 nitrogen and oxygen atoms in total. The molecular formula is C15H29ClO. The fourth-order valence-corrected chi connectivity index (χ4v) is 3.62. The van der Waals surface area contributed by atoms with Gasteiger partial charge in [0, 0.05) is 17.4 Å². The van der Waals surface area contributed by atoms with Crippen LogP contribution in [-0.2, 0) is 4.74 Å². The summed E-state index contributed by atoms with van der Waals surface area (Å²) in [6, 6.07) is 0. The van der Waals surface area contributed by atoms with Gasteiger partial charge < -0.3 is 4.74 Å². The molecule has 1 aliphatic rings. The molecule has 1 saturated carbocycles. The van der Waals surface area contributed by atoms with Gasteiger partial charge in [0.05, 0.1) is 6.10 Å². The summed E-state index contributed by atoms with van der Waals surface area (Å²) in [5.41, 5.74) is 0.269. The molecule has 2 atom stereocenters. The molecule has 0 heterocycles. The number of halogens is 1. The summed E-state index contributed by atoms with van der Waals surface area (Å²) in [5, 5.41) is 0.336. The van der Waals surface area contributed by atoms with Crippen LogP contribution in [0.1, 0.15) is 72.1 Å². The molecule has 2 heteroatoms. The standard InChI is InChI=1S/C15H29ClO/c1-4-7-8-9-10-11-17-14-12-13(16)15(14,5-2)6-3/h13-14H,4-12H2,1-3H3. The summed E-state index contributed by atoms with van der Waals surface area (Å²) in [5.74, 6) is 0. The molecular weight excluding hydrogens is 232 g/mol. The number of alkyl halides is 1. The van der Waals surface area contributed by atoms with Crippen LogP contribution >= 0.6 is 11.6 Å². The van der Waals surface area contributed by atoms with Crippen LogP contribution in [0.3, 0.4) is 0 Å². The van der Waals surface area contributed by atoms with Crippen LogP contribution in [0.5, 0.6) is 0 Å². The zero-order valence-corrected chi connectivity index (χ0v) is 12.6. The Balaban J connectivity index is 2.15. The normalized spacial score (nSPS) is 26.8. The van der Waals surface area contributed by atoms with E-state index in [2.05, 4.69) is 20.8 Å². The van der Waals surface area contributed by atoms with Crippen LogP contribution in [0.15, 0.2) is 0 Å². The zero-order chi connectivity index (χ0) is 12.7. The second-order valence-corrected chi connectivity index (χ2v) is 5.94. The molecule has 102 valence electrons. The first-order valence-electron chi connectivity index (χ1n) is 7.46. The predicted octanol–water partition coefficient (Wildman–Crippen LogP) is 5.16. The van der Waals surface area contributed by atoms with E-state index in [9.17, 15) is 0 Å². The molecule has 17 heavy (non-hydrogen) atoms. The molecule has 1 aliphatic carbocycles. The van der Waals surface area contributed by atoms with Gasteiger partial charge in [-0.1, -0.05) is 46.5 Å². The zero-order valence-electron chi connectivity index (χ0n) is 11.8. The van der Waals surface area contributed by atoms with Crippen molar-refractivity contribution < 1.29 is 4.74 Å². The van der Waals surface area contributed by atoms with Crippen molar-refractivity contribution in [2.45, 2.75) is 83.6 Å². The van der Waals surface area contributed by atoms with E-state index >= 15 is 0 Å². The summed E-state index contributed by atoms with van der Waals surface area (Å²) in [6.07, 6.45) is 10.3. The van der Waals surface area contributed by atoms with Crippen molar-refractivity contribution in [2.24, 2.45) is 5.41 Å². The summed E-state index contributed by atoms with van der Waals surface area (Å²) < 4.78 is 6.04. The molecule has 0 N–H and O–H groups in total. The number of hydrogen-bond acceptors (Lipinski definition) is 1. The van der Waals surface area contributed by atoms with Crippen molar-refractivity contribution >= 4 is 11.6 Å². The van der Waals surface area contributed by atoms with Crippen molar-refractivity contribution in [1.29, 1.82) is 0 Å². The van der Waals surface area contributed by atoms with Gasteiger partial charge in [0.25, 0.3) is 0 Å². The van der Waals surface area contributed by atoms with Gasteiger partial charge in [0.15, 0.2) is 0 Å². The Labute approximate surface area is 112 Å². The minimum absolute atomic E-state index is 0.269. The summed E-state index contributed by atoms with van der Waals surface area (Å²) in [6.45, 7) is 7.67.